The van der Waals surface area contributed by atoms with Crippen molar-refractivity contribution in [2.45, 2.75) is 12.1 Å². The van der Waals surface area contributed by atoms with Crippen LogP contribution in [0.3, 0.4) is 0 Å². The fraction of sp³-hybridized carbons (Fsp3) is 0.538. The number of ether oxygens (including phenoxy) is 1. The van der Waals surface area contributed by atoms with Crippen molar-refractivity contribution in [2.24, 2.45) is 5.16 Å². The van der Waals surface area contributed by atoms with Gasteiger partial charge in [0.2, 0.25) is 0 Å². The molecule has 1 fully saturated rings. The number of β-lactam (4-membered cyclic amide) rings is 1. The first-order chi connectivity index (χ1) is 14.9. The number of amides is 2. The molecule has 2 heterocycles. The number of carbonyl (C=O) groups excluding carboxylic acids is 2. The van der Waals surface area contributed by atoms with E-state index in [1.807, 2.05) is 4.72 Å². The van der Waals surface area contributed by atoms with Crippen LogP contribution in [-0.2, 0) is 44.0 Å². The second-order valence-corrected chi connectivity index (χ2v) is 9.56. The largest absolute Gasteiger partial charge is 0.398 e. The summed E-state index contributed by atoms with van der Waals surface area (Å²) < 4.78 is 67.3. The topological polar surface area (TPSA) is 229 Å². The van der Waals surface area contributed by atoms with Crippen molar-refractivity contribution in [3.05, 3.63) is 11.1 Å². The Kier molecular flexibility index (Phi) is 8.45. The molecule has 16 nitrogen and oxygen atoms in total. The number of nitrogens with one attached hydrogen (secondary N) is 2. The Balaban J connectivity index is 2.18. The molecule has 2 atom stereocenters. The number of hydrogen-bond donors (Lipinski definition) is 4. The number of nitrogens with zero attached hydrogens (tertiary/aromatic N) is 3. The summed E-state index contributed by atoms with van der Waals surface area (Å²) in [6, 6.07) is -3.15. The maximum Gasteiger partial charge on any atom is 0.362 e. The third kappa shape index (κ3) is 6.31. The number of hydrogen-bond acceptors (Lipinski definition) is 13. The van der Waals surface area contributed by atoms with E-state index in [-0.39, 0.29) is 34.0 Å². The lowest BCUT2D eigenvalue weighted by Gasteiger charge is -2.43. The third-order valence-electron chi connectivity index (χ3n) is 3.85. The number of thiazole rings is 1. The Morgan fingerprint density at radius 2 is 2.06 bits per heavy atom. The van der Waals surface area contributed by atoms with Gasteiger partial charge in [0, 0.05) is 19.0 Å². The van der Waals surface area contributed by atoms with E-state index in [1.54, 1.807) is 0 Å². The van der Waals surface area contributed by atoms with Gasteiger partial charge in [-0.15, -0.1) is 11.3 Å². The molecule has 2 amide bonds. The van der Waals surface area contributed by atoms with E-state index in [1.165, 1.54) is 12.5 Å². The normalized spacial score (nSPS) is 19.5. The molecule has 1 aliphatic heterocycles. The highest BCUT2D eigenvalue weighted by molar-refractivity contribution is 7.84. The molecule has 1 saturated heterocycles. The van der Waals surface area contributed by atoms with Crippen molar-refractivity contribution in [3.63, 3.8) is 0 Å². The summed E-state index contributed by atoms with van der Waals surface area (Å²) in [5.41, 5.74) is 5.16. The first kappa shape index (κ1) is 25.8. The highest BCUT2D eigenvalue weighted by atomic mass is 32.2. The van der Waals surface area contributed by atoms with Gasteiger partial charge >= 0.3 is 20.6 Å². The van der Waals surface area contributed by atoms with Gasteiger partial charge in [0.15, 0.2) is 10.8 Å². The van der Waals surface area contributed by atoms with Gasteiger partial charge in [-0.1, -0.05) is 5.16 Å². The summed E-state index contributed by atoms with van der Waals surface area (Å²) in [5, 5.41) is 7.21. The molecule has 180 valence electrons. The molecule has 19 heteroatoms. The minimum absolute atomic E-state index is 0.0166. The maximum absolute atomic E-state index is 12.6. The van der Waals surface area contributed by atoms with Gasteiger partial charge in [-0.3, -0.25) is 18.3 Å². The van der Waals surface area contributed by atoms with Crippen LogP contribution in [0.2, 0.25) is 0 Å². The van der Waals surface area contributed by atoms with Crippen molar-refractivity contribution < 1.29 is 44.7 Å². The molecule has 5 N–H and O–H groups in total. The van der Waals surface area contributed by atoms with Crippen LogP contribution in [-0.4, -0.2) is 94.3 Å². The van der Waals surface area contributed by atoms with Crippen molar-refractivity contribution in [3.8, 4) is 0 Å². The van der Waals surface area contributed by atoms with Crippen LogP contribution in [0.25, 0.3) is 0 Å². The first-order valence-corrected chi connectivity index (χ1v) is 12.2. The molecular formula is C13H20N6O10S3. The Morgan fingerprint density at radius 3 is 2.59 bits per heavy atom. The zero-order valence-corrected chi connectivity index (χ0v) is 19.1. The van der Waals surface area contributed by atoms with E-state index < -0.39 is 51.1 Å². The fourth-order valence-electron chi connectivity index (χ4n) is 2.50. The van der Waals surface area contributed by atoms with Gasteiger partial charge in [0.1, 0.15) is 24.9 Å². The molecule has 0 saturated carbocycles. The van der Waals surface area contributed by atoms with Crippen molar-refractivity contribution >= 4 is 54.6 Å². The molecule has 0 aromatic carbocycles. The number of nitrogen functional groups attached to an aromatic ring is 1. The van der Waals surface area contributed by atoms with Gasteiger partial charge in [-0.05, 0) is 0 Å². The van der Waals surface area contributed by atoms with Crippen LogP contribution in [0.4, 0.5) is 5.13 Å². The number of oxime groups is 1. The second-order valence-electron chi connectivity index (χ2n) is 5.95. The zero-order valence-electron chi connectivity index (χ0n) is 16.6. The van der Waals surface area contributed by atoms with Gasteiger partial charge in [0.25, 0.3) is 11.8 Å². The summed E-state index contributed by atoms with van der Waals surface area (Å²) >= 11 is 0.999. The molecule has 32 heavy (non-hydrogen) atoms. The molecule has 0 unspecified atom stereocenters. The molecule has 2 rings (SSSR count). The molecule has 1 aromatic heterocycles. The standard InChI is InChI=1S/C13H20N6O10S3/c1-27-4-3-15-31(22,23)29-5-8-10(12(21)19(8)32(24,25)26)17-11(20)9(18-28-2)7-6-30-13(14)16-7/h6,8,10,15H,3-5H2,1-2H3,(H2,14,16)(H,17,20)(H,24,25,26)/b18-9+/t8-,10+/m1/s1. The lowest BCUT2D eigenvalue weighted by Crippen LogP contribution is -2.73. The van der Waals surface area contributed by atoms with Crippen molar-refractivity contribution in [2.75, 3.05) is 39.7 Å². The van der Waals surface area contributed by atoms with E-state index in [2.05, 4.69) is 29.2 Å². The third-order valence-corrected chi connectivity index (χ3v) is 6.47. The second kappa shape index (κ2) is 10.5. The smallest absolute Gasteiger partial charge is 0.362 e. The van der Waals surface area contributed by atoms with Crippen LogP contribution in [0.15, 0.2) is 10.5 Å². The van der Waals surface area contributed by atoms with Crippen molar-refractivity contribution in [1.82, 2.24) is 19.3 Å². The van der Waals surface area contributed by atoms with Gasteiger partial charge < -0.3 is 20.6 Å². The molecule has 1 aliphatic rings. The molecule has 0 spiro atoms. The Labute approximate surface area is 186 Å². The van der Waals surface area contributed by atoms with E-state index in [9.17, 15) is 31.0 Å². The number of carbonyl (C=O) groups is 2. The summed E-state index contributed by atoms with van der Waals surface area (Å²) in [6.45, 7) is -1.01. The Bertz CT molecular complexity index is 1090. The summed E-state index contributed by atoms with van der Waals surface area (Å²) in [7, 11) is -6.93. The minimum atomic E-state index is -5.07. The van der Waals surface area contributed by atoms with E-state index in [0.717, 1.165) is 18.4 Å². The molecule has 0 aliphatic carbocycles. The maximum atomic E-state index is 12.6. The number of methoxy groups -OCH3 is 1. The predicted octanol–water partition coefficient (Wildman–Crippen LogP) is -2.93. The monoisotopic (exact) mass is 516 g/mol. The van der Waals surface area contributed by atoms with Crippen LogP contribution in [0.5, 0.6) is 0 Å². The van der Waals surface area contributed by atoms with Gasteiger partial charge in [0.05, 0.1) is 13.2 Å². The first-order valence-electron chi connectivity index (χ1n) is 8.48. The zero-order chi connectivity index (χ0) is 24.1. The van der Waals surface area contributed by atoms with Crippen LogP contribution in [0, 0.1) is 0 Å². The van der Waals surface area contributed by atoms with E-state index >= 15 is 0 Å². The summed E-state index contributed by atoms with van der Waals surface area (Å²) in [5.74, 6) is -2.23. The predicted molar refractivity (Wildman–Crippen MR) is 109 cm³/mol. The number of nitrogens with two attached hydrogens (primary N) is 1. The highest BCUT2D eigenvalue weighted by Gasteiger charge is 2.54. The molecular weight excluding hydrogens is 496 g/mol. The average molecular weight is 517 g/mol. The molecule has 1 aromatic rings. The van der Waals surface area contributed by atoms with Gasteiger partial charge in [-0.25, -0.2) is 9.29 Å². The Hall–Kier alpha value is -2.42. The fourth-order valence-corrected chi connectivity index (χ4v) is 4.65. The lowest BCUT2D eigenvalue weighted by atomic mass is 9.99. The van der Waals surface area contributed by atoms with Gasteiger partial charge in [-0.2, -0.15) is 21.6 Å². The number of aromatic nitrogens is 1. The van der Waals surface area contributed by atoms with Crippen LogP contribution >= 0.6 is 11.3 Å². The van der Waals surface area contributed by atoms with E-state index in [0.29, 0.717) is 0 Å². The van der Waals surface area contributed by atoms with E-state index in [4.69, 9.17) is 5.73 Å². The SMILES string of the molecule is COCCNS(=O)(=O)OC[C@@H]1[C@H](NC(=O)/C(=N/OC)c2csc(N)n2)C(=O)N1S(=O)(=O)O. The van der Waals surface area contributed by atoms with Crippen LogP contribution < -0.4 is 15.8 Å². The van der Waals surface area contributed by atoms with Crippen LogP contribution in [0.1, 0.15) is 5.69 Å². The highest BCUT2D eigenvalue weighted by Crippen LogP contribution is 2.24. The quantitative estimate of drug-likeness (QED) is 0.0719. The molecule has 0 radical (unpaired) electrons. The average Bonchev–Trinajstić information content (AvgIpc) is 3.11. The summed E-state index contributed by atoms with van der Waals surface area (Å²) in [6.07, 6.45) is 0. The number of anilines is 1. The lowest BCUT2D eigenvalue weighted by molar-refractivity contribution is -0.146. The molecule has 0 bridgehead atoms. The summed E-state index contributed by atoms with van der Waals surface area (Å²) in [4.78, 5) is 33.3. The minimum Gasteiger partial charge on any atom is -0.398 e. The Morgan fingerprint density at radius 1 is 1.38 bits per heavy atom. The van der Waals surface area contributed by atoms with Crippen molar-refractivity contribution in [1.29, 1.82) is 0 Å². The number of rotatable bonds is 12.